The summed E-state index contributed by atoms with van der Waals surface area (Å²) in [5.74, 6) is -0.597. The first kappa shape index (κ1) is 9.58. The molecule has 0 radical (unpaired) electrons. The number of nitrogens with two attached hydrogens (primary N) is 2. The first-order chi connectivity index (χ1) is 7.13. The van der Waals surface area contributed by atoms with Crippen molar-refractivity contribution < 1.29 is 9.21 Å². The summed E-state index contributed by atoms with van der Waals surface area (Å²) in [5.41, 5.74) is 12.9. The molecule has 15 heavy (non-hydrogen) atoms. The number of hydrogen-bond donors (Lipinski definition) is 2. The summed E-state index contributed by atoms with van der Waals surface area (Å²) in [7, 11) is 0. The van der Waals surface area contributed by atoms with Crippen molar-refractivity contribution in [2.24, 2.45) is 5.73 Å². The van der Waals surface area contributed by atoms with E-state index in [0.29, 0.717) is 11.3 Å². The molecule has 0 saturated heterocycles. The van der Waals surface area contributed by atoms with Crippen molar-refractivity contribution >= 4 is 22.6 Å². The average Bonchev–Trinajstić information content (AvgIpc) is 2.55. The molecule has 0 unspecified atom stereocenters. The highest BCUT2D eigenvalue weighted by Gasteiger charge is 2.15. The Balaban J connectivity index is 2.70. The number of carbonyl (C=O) groups is 1. The summed E-state index contributed by atoms with van der Waals surface area (Å²) in [6.07, 6.45) is 0.905. The number of aryl methyl sites for hydroxylation is 1. The van der Waals surface area contributed by atoms with Gasteiger partial charge in [0, 0.05) is 5.39 Å². The third-order valence-corrected chi connectivity index (χ3v) is 2.42. The van der Waals surface area contributed by atoms with Crippen LogP contribution >= 0.6 is 0 Å². The molecular formula is C11H12N2O2. The minimum atomic E-state index is -0.637. The normalized spacial score (nSPS) is 10.7. The number of rotatable bonds is 2. The molecule has 0 saturated carbocycles. The Bertz CT molecular complexity index is 529. The fourth-order valence-electron chi connectivity index (χ4n) is 1.56. The van der Waals surface area contributed by atoms with Crippen molar-refractivity contribution in [3.63, 3.8) is 0 Å². The molecule has 1 heterocycles. The summed E-state index contributed by atoms with van der Waals surface area (Å²) in [6, 6.07) is 5.68. The lowest BCUT2D eigenvalue weighted by molar-refractivity contribution is 0.0977. The van der Waals surface area contributed by atoms with Gasteiger partial charge in [-0.15, -0.1) is 0 Å². The number of fused-ring (bicyclic) bond motifs is 1. The fourth-order valence-corrected chi connectivity index (χ4v) is 1.56. The zero-order valence-corrected chi connectivity index (χ0v) is 8.41. The summed E-state index contributed by atoms with van der Waals surface area (Å²) >= 11 is 0. The number of furan rings is 1. The SMILES string of the molecule is CCc1ccc2c(N)c(C(N)=O)oc2c1. The maximum absolute atomic E-state index is 11.0. The number of benzene rings is 1. The van der Waals surface area contributed by atoms with Crippen molar-refractivity contribution in [3.05, 3.63) is 29.5 Å². The van der Waals surface area contributed by atoms with Crippen LogP contribution in [0.15, 0.2) is 22.6 Å². The quantitative estimate of drug-likeness (QED) is 0.780. The lowest BCUT2D eigenvalue weighted by atomic mass is 10.1. The summed E-state index contributed by atoms with van der Waals surface area (Å²) in [4.78, 5) is 11.0. The van der Waals surface area contributed by atoms with Gasteiger partial charge in [-0.1, -0.05) is 13.0 Å². The number of nitrogen functional groups attached to an aromatic ring is 1. The lowest BCUT2D eigenvalue weighted by Gasteiger charge is -1.94. The van der Waals surface area contributed by atoms with Gasteiger partial charge in [-0.2, -0.15) is 0 Å². The Morgan fingerprint density at radius 1 is 1.47 bits per heavy atom. The van der Waals surface area contributed by atoms with Gasteiger partial charge >= 0.3 is 0 Å². The van der Waals surface area contributed by atoms with E-state index >= 15 is 0 Å². The maximum Gasteiger partial charge on any atom is 0.286 e. The van der Waals surface area contributed by atoms with E-state index < -0.39 is 5.91 Å². The van der Waals surface area contributed by atoms with Crippen LogP contribution in [0.25, 0.3) is 11.0 Å². The van der Waals surface area contributed by atoms with Crippen LogP contribution in [-0.2, 0) is 6.42 Å². The molecule has 4 N–H and O–H groups in total. The van der Waals surface area contributed by atoms with Crippen LogP contribution in [0.3, 0.4) is 0 Å². The molecule has 2 rings (SSSR count). The largest absolute Gasteiger partial charge is 0.449 e. The van der Waals surface area contributed by atoms with Crippen LogP contribution in [0, 0.1) is 0 Å². The van der Waals surface area contributed by atoms with Crippen LogP contribution in [0.4, 0.5) is 5.69 Å². The minimum absolute atomic E-state index is 0.0400. The van der Waals surface area contributed by atoms with Crippen LogP contribution in [0.1, 0.15) is 23.0 Å². The van der Waals surface area contributed by atoms with Gasteiger partial charge in [-0.3, -0.25) is 4.79 Å². The second kappa shape index (κ2) is 3.31. The Labute approximate surface area is 86.8 Å². The zero-order chi connectivity index (χ0) is 11.0. The Hall–Kier alpha value is -1.97. The van der Waals surface area contributed by atoms with E-state index in [1.807, 2.05) is 25.1 Å². The molecular weight excluding hydrogens is 192 g/mol. The summed E-state index contributed by atoms with van der Waals surface area (Å²) in [6.45, 7) is 2.04. The Morgan fingerprint density at radius 3 is 2.80 bits per heavy atom. The third kappa shape index (κ3) is 1.44. The number of anilines is 1. The summed E-state index contributed by atoms with van der Waals surface area (Å²) < 4.78 is 5.30. The summed E-state index contributed by atoms with van der Waals surface area (Å²) in [5, 5.41) is 0.737. The van der Waals surface area contributed by atoms with E-state index in [-0.39, 0.29) is 5.76 Å². The van der Waals surface area contributed by atoms with Crippen molar-refractivity contribution in [3.8, 4) is 0 Å². The molecule has 4 heteroatoms. The predicted octanol–water partition coefficient (Wildman–Crippen LogP) is 1.68. The molecule has 0 atom stereocenters. The van der Waals surface area contributed by atoms with Crippen molar-refractivity contribution in [2.75, 3.05) is 5.73 Å². The highest BCUT2D eigenvalue weighted by atomic mass is 16.3. The molecule has 2 aromatic rings. The Kier molecular flexibility index (Phi) is 2.11. The van der Waals surface area contributed by atoms with Crippen LogP contribution in [0.5, 0.6) is 0 Å². The number of primary amides is 1. The van der Waals surface area contributed by atoms with Gasteiger partial charge in [0.15, 0.2) is 0 Å². The maximum atomic E-state index is 11.0. The van der Waals surface area contributed by atoms with Crippen molar-refractivity contribution in [2.45, 2.75) is 13.3 Å². The minimum Gasteiger partial charge on any atom is -0.449 e. The van der Waals surface area contributed by atoms with E-state index in [9.17, 15) is 4.79 Å². The van der Waals surface area contributed by atoms with E-state index in [4.69, 9.17) is 15.9 Å². The monoisotopic (exact) mass is 204 g/mol. The molecule has 0 aliphatic heterocycles. The van der Waals surface area contributed by atoms with Gasteiger partial charge in [-0.25, -0.2) is 0 Å². The molecule has 0 aliphatic carbocycles. The van der Waals surface area contributed by atoms with Gasteiger partial charge in [0.25, 0.3) is 5.91 Å². The van der Waals surface area contributed by atoms with Crippen molar-refractivity contribution in [1.29, 1.82) is 0 Å². The van der Waals surface area contributed by atoms with Gasteiger partial charge in [0.05, 0.1) is 5.69 Å². The van der Waals surface area contributed by atoms with Gasteiger partial charge in [0.2, 0.25) is 5.76 Å². The molecule has 1 amide bonds. The number of carbonyl (C=O) groups excluding carboxylic acids is 1. The standard InChI is InChI=1S/C11H12N2O2/c1-2-6-3-4-7-8(5-6)15-10(9(7)12)11(13)14/h3-5H,2,12H2,1H3,(H2,13,14). The van der Waals surface area contributed by atoms with Crippen LogP contribution in [0.2, 0.25) is 0 Å². The smallest absolute Gasteiger partial charge is 0.286 e. The van der Waals surface area contributed by atoms with E-state index in [2.05, 4.69) is 0 Å². The van der Waals surface area contributed by atoms with Crippen molar-refractivity contribution in [1.82, 2.24) is 0 Å². The van der Waals surface area contributed by atoms with Crippen LogP contribution in [-0.4, -0.2) is 5.91 Å². The third-order valence-electron chi connectivity index (χ3n) is 2.42. The average molecular weight is 204 g/mol. The zero-order valence-electron chi connectivity index (χ0n) is 8.41. The van der Waals surface area contributed by atoms with Crippen LogP contribution < -0.4 is 11.5 Å². The van der Waals surface area contributed by atoms with E-state index in [0.717, 1.165) is 17.4 Å². The van der Waals surface area contributed by atoms with E-state index in [1.54, 1.807) is 0 Å². The van der Waals surface area contributed by atoms with Gasteiger partial charge < -0.3 is 15.9 Å². The molecule has 0 spiro atoms. The Morgan fingerprint density at radius 2 is 2.20 bits per heavy atom. The number of amides is 1. The second-order valence-electron chi connectivity index (χ2n) is 3.39. The fraction of sp³-hybridized carbons (Fsp3) is 0.182. The lowest BCUT2D eigenvalue weighted by Crippen LogP contribution is -2.11. The molecule has 78 valence electrons. The molecule has 0 fully saturated rings. The van der Waals surface area contributed by atoms with Gasteiger partial charge in [0.1, 0.15) is 5.58 Å². The molecule has 1 aromatic heterocycles. The highest BCUT2D eigenvalue weighted by molar-refractivity contribution is 6.04. The highest BCUT2D eigenvalue weighted by Crippen LogP contribution is 2.28. The first-order valence-electron chi connectivity index (χ1n) is 4.74. The molecule has 1 aromatic carbocycles. The first-order valence-corrected chi connectivity index (χ1v) is 4.74. The number of hydrogen-bond acceptors (Lipinski definition) is 3. The second-order valence-corrected chi connectivity index (χ2v) is 3.39. The van der Waals surface area contributed by atoms with E-state index in [1.165, 1.54) is 0 Å². The molecule has 0 bridgehead atoms. The topological polar surface area (TPSA) is 82.2 Å². The molecule has 4 nitrogen and oxygen atoms in total. The molecule has 0 aliphatic rings. The van der Waals surface area contributed by atoms with Gasteiger partial charge in [-0.05, 0) is 24.1 Å². The predicted molar refractivity (Wildman–Crippen MR) is 58.5 cm³/mol.